The SMILES string of the molecule is CCCc1ccccc1S(=O)(=O)Nc1ccc([C@H](C)C(=O)O)cc1. The average Bonchev–Trinajstić information content (AvgIpc) is 2.55. The first-order valence-electron chi connectivity index (χ1n) is 7.78. The predicted octanol–water partition coefficient (Wildman–Crippen LogP) is 3.63. The Kier molecular flexibility index (Phi) is 5.62. The topological polar surface area (TPSA) is 83.5 Å². The lowest BCUT2D eigenvalue weighted by Gasteiger charge is -2.13. The number of carboxylic acid groups (broad SMARTS) is 1. The molecular formula is C18H21NO4S. The standard InChI is InChI=1S/C18H21NO4S/c1-3-6-15-7-4-5-8-17(15)24(22,23)19-16-11-9-14(10-12-16)13(2)18(20)21/h4-5,7-13,19H,3,6H2,1-2H3,(H,20,21)/t13-/m0/s1. The maximum atomic E-state index is 12.6. The first kappa shape index (κ1) is 18.0. The zero-order valence-electron chi connectivity index (χ0n) is 13.7. The van der Waals surface area contributed by atoms with Crippen LogP contribution in [0, 0.1) is 0 Å². The van der Waals surface area contributed by atoms with E-state index < -0.39 is 21.9 Å². The molecule has 0 spiro atoms. The van der Waals surface area contributed by atoms with Crippen molar-refractivity contribution in [2.24, 2.45) is 0 Å². The number of hydrogen-bond acceptors (Lipinski definition) is 3. The normalized spacial score (nSPS) is 12.6. The molecule has 5 nitrogen and oxygen atoms in total. The minimum absolute atomic E-state index is 0.273. The van der Waals surface area contributed by atoms with Gasteiger partial charge in [-0.05, 0) is 42.7 Å². The van der Waals surface area contributed by atoms with Crippen LogP contribution in [0.2, 0.25) is 0 Å². The number of aliphatic carboxylic acids is 1. The zero-order chi connectivity index (χ0) is 17.7. The van der Waals surface area contributed by atoms with Gasteiger partial charge >= 0.3 is 5.97 Å². The summed E-state index contributed by atoms with van der Waals surface area (Å²) in [5.41, 5.74) is 1.81. The molecule has 0 aromatic heterocycles. The highest BCUT2D eigenvalue weighted by molar-refractivity contribution is 7.92. The van der Waals surface area contributed by atoms with E-state index in [0.29, 0.717) is 17.7 Å². The van der Waals surface area contributed by atoms with Crippen LogP contribution in [0.5, 0.6) is 0 Å². The Morgan fingerprint density at radius 2 is 1.75 bits per heavy atom. The third-order valence-electron chi connectivity index (χ3n) is 3.81. The Bertz CT molecular complexity index is 813. The number of benzene rings is 2. The van der Waals surface area contributed by atoms with Crippen LogP contribution in [0.15, 0.2) is 53.4 Å². The van der Waals surface area contributed by atoms with Gasteiger partial charge in [0.1, 0.15) is 0 Å². The number of anilines is 1. The van der Waals surface area contributed by atoms with Crippen molar-refractivity contribution >= 4 is 21.7 Å². The number of carbonyl (C=O) groups is 1. The van der Waals surface area contributed by atoms with Crippen molar-refractivity contribution in [1.29, 1.82) is 0 Å². The van der Waals surface area contributed by atoms with E-state index in [2.05, 4.69) is 4.72 Å². The Labute approximate surface area is 142 Å². The molecule has 2 aromatic rings. The Hall–Kier alpha value is -2.34. The van der Waals surface area contributed by atoms with E-state index in [1.54, 1.807) is 43.3 Å². The summed E-state index contributed by atoms with van der Waals surface area (Å²) in [4.78, 5) is 11.3. The second-order valence-electron chi connectivity index (χ2n) is 5.65. The summed E-state index contributed by atoms with van der Waals surface area (Å²) >= 11 is 0. The Balaban J connectivity index is 2.25. The number of hydrogen-bond donors (Lipinski definition) is 2. The van der Waals surface area contributed by atoms with E-state index in [1.165, 1.54) is 0 Å². The van der Waals surface area contributed by atoms with E-state index in [0.717, 1.165) is 12.0 Å². The quantitative estimate of drug-likeness (QED) is 0.801. The van der Waals surface area contributed by atoms with Gasteiger partial charge in [-0.25, -0.2) is 8.42 Å². The number of nitrogens with one attached hydrogen (secondary N) is 1. The molecule has 128 valence electrons. The number of rotatable bonds is 7. The van der Waals surface area contributed by atoms with Crippen LogP contribution in [0.3, 0.4) is 0 Å². The monoisotopic (exact) mass is 347 g/mol. The van der Waals surface area contributed by atoms with Crippen molar-refractivity contribution in [3.05, 3.63) is 59.7 Å². The smallest absolute Gasteiger partial charge is 0.310 e. The van der Waals surface area contributed by atoms with E-state index in [-0.39, 0.29) is 4.90 Å². The summed E-state index contributed by atoms with van der Waals surface area (Å²) in [5, 5.41) is 9.01. The van der Waals surface area contributed by atoms with Gasteiger partial charge in [0.05, 0.1) is 10.8 Å². The molecule has 0 aliphatic heterocycles. The van der Waals surface area contributed by atoms with Crippen LogP contribution in [0.25, 0.3) is 0 Å². The van der Waals surface area contributed by atoms with Gasteiger partial charge < -0.3 is 5.11 Å². The fourth-order valence-electron chi connectivity index (χ4n) is 2.43. The van der Waals surface area contributed by atoms with E-state index in [1.807, 2.05) is 19.1 Å². The van der Waals surface area contributed by atoms with Crippen LogP contribution >= 0.6 is 0 Å². The molecule has 0 fully saturated rings. The van der Waals surface area contributed by atoms with Crippen LogP contribution in [-0.2, 0) is 21.2 Å². The fraction of sp³-hybridized carbons (Fsp3) is 0.278. The molecule has 0 amide bonds. The van der Waals surface area contributed by atoms with Gasteiger partial charge in [-0.15, -0.1) is 0 Å². The average molecular weight is 347 g/mol. The number of aryl methyl sites for hydroxylation is 1. The molecule has 2 aromatic carbocycles. The van der Waals surface area contributed by atoms with Crippen LogP contribution in [0.4, 0.5) is 5.69 Å². The summed E-state index contributed by atoms with van der Waals surface area (Å²) in [7, 11) is -3.68. The second-order valence-corrected chi connectivity index (χ2v) is 7.30. The first-order chi connectivity index (χ1) is 11.3. The molecule has 0 heterocycles. The molecule has 2 N–H and O–H groups in total. The highest BCUT2D eigenvalue weighted by Crippen LogP contribution is 2.23. The van der Waals surface area contributed by atoms with E-state index >= 15 is 0 Å². The molecule has 0 bridgehead atoms. The Morgan fingerprint density at radius 3 is 2.33 bits per heavy atom. The van der Waals surface area contributed by atoms with Gasteiger partial charge in [0, 0.05) is 5.69 Å². The molecule has 1 atom stereocenters. The van der Waals surface area contributed by atoms with E-state index in [9.17, 15) is 13.2 Å². The largest absolute Gasteiger partial charge is 0.481 e. The summed E-state index contributed by atoms with van der Waals surface area (Å²) in [6.07, 6.45) is 1.54. The molecule has 6 heteroatoms. The van der Waals surface area contributed by atoms with Gasteiger partial charge in [-0.2, -0.15) is 0 Å². The molecule has 0 saturated carbocycles. The lowest BCUT2D eigenvalue weighted by Crippen LogP contribution is -2.15. The highest BCUT2D eigenvalue weighted by atomic mass is 32.2. The maximum absolute atomic E-state index is 12.6. The van der Waals surface area contributed by atoms with Crippen LogP contribution in [-0.4, -0.2) is 19.5 Å². The molecule has 0 unspecified atom stereocenters. The van der Waals surface area contributed by atoms with Crippen molar-refractivity contribution in [2.75, 3.05) is 4.72 Å². The molecule has 24 heavy (non-hydrogen) atoms. The van der Waals surface area contributed by atoms with Crippen molar-refractivity contribution in [1.82, 2.24) is 0 Å². The lowest BCUT2D eigenvalue weighted by molar-refractivity contribution is -0.138. The van der Waals surface area contributed by atoms with Gasteiger partial charge in [0.2, 0.25) is 0 Å². The summed E-state index contributed by atoms with van der Waals surface area (Å²) in [6.45, 7) is 3.58. The predicted molar refractivity (Wildman–Crippen MR) is 93.7 cm³/mol. The lowest BCUT2D eigenvalue weighted by atomic mass is 10.0. The van der Waals surface area contributed by atoms with Crippen molar-refractivity contribution < 1.29 is 18.3 Å². The van der Waals surface area contributed by atoms with E-state index in [4.69, 9.17) is 5.11 Å². The van der Waals surface area contributed by atoms with Crippen molar-refractivity contribution in [2.45, 2.75) is 37.5 Å². The van der Waals surface area contributed by atoms with Crippen LogP contribution < -0.4 is 4.72 Å². The summed E-state index contributed by atoms with van der Waals surface area (Å²) < 4.78 is 27.8. The highest BCUT2D eigenvalue weighted by Gasteiger charge is 2.18. The molecule has 0 aliphatic carbocycles. The summed E-state index contributed by atoms with van der Waals surface area (Å²) in [6, 6.07) is 13.3. The molecule has 0 aliphatic rings. The third-order valence-corrected chi connectivity index (χ3v) is 5.30. The summed E-state index contributed by atoms with van der Waals surface area (Å²) in [5.74, 6) is -1.56. The maximum Gasteiger partial charge on any atom is 0.310 e. The third kappa shape index (κ3) is 4.14. The fourth-order valence-corrected chi connectivity index (χ4v) is 3.76. The number of sulfonamides is 1. The van der Waals surface area contributed by atoms with Gasteiger partial charge in [0.15, 0.2) is 0 Å². The number of carboxylic acids is 1. The van der Waals surface area contributed by atoms with Gasteiger partial charge in [0.25, 0.3) is 10.0 Å². The molecule has 0 saturated heterocycles. The molecular weight excluding hydrogens is 326 g/mol. The van der Waals surface area contributed by atoms with Crippen molar-refractivity contribution in [3.8, 4) is 0 Å². The van der Waals surface area contributed by atoms with Crippen molar-refractivity contribution in [3.63, 3.8) is 0 Å². The second kappa shape index (κ2) is 7.49. The minimum Gasteiger partial charge on any atom is -0.481 e. The van der Waals surface area contributed by atoms with Gasteiger partial charge in [-0.3, -0.25) is 9.52 Å². The first-order valence-corrected chi connectivity index (χ1v) is 9.27. The van der Waals surface area contributed by atoms with Gasteiger partial charge in [-0.1, -0.05) is 43.7 Å². The Morgan fingerprint density at radius 1 is 1.12 bits per heavy atom. The van der Waals surface area contributed by atoms with Crippen LogP contribution in [0.1, 0.15) is 37.3 Å². The molecule has 2 rings (SSSR count). The molecule has 0 radical (unpaired) electrons. The minimum atomic E-state index is -3.68. The zero-order valence-corrected chi connectivity index (χ0v) is 14.5.